The van der Waals surface area contributed by atoms with E-state index in [1.807, 2.05) is 0 Å². The molecule has 0 fully saturated rings. The lowest BCUT2D eigenvalue weighted by atomic mass is 10.0. The van der Waals surface area contributed by atoms with Gasteiger partial charge in [0, 0.05) is 5.56 Å². The van der Waals surface area contributed by atoms with Crippen molar-refractivity contribution >= 4 is 21.9 Å². The molecule has 1 aromatic rings. The zero-order chi connectivity index (χ0) is 12.5. The van der Waals surface area contributed by atoms with Gasteiger partial charge in [0.25, 0.3) is 0 Å². The van der Waals surface area contributed by atoms with Gasteiger partial charge in [-0.05, 0) is 34.5 Å². The van der Waals surface area contributed by atoms with Crippen molar-refractivity contribution in [1.82, 2.24) is 0 Å². The summed E-state index contributed by atoms with van der Waals surface area (Å²) in [6.07, 6.45) is -1.51. The predicted molar refractivity (Wildman–Crippen MR) is 59.2 cm³/mol. The van der Waals surface area contributed by atoms with E-state index in [0.29, 0.717) is 5.56 Å². The summed E-state index contributed by atoms with van der Waals surface area (Å²) < 4.78 is 4.46. The Morgan fingerprint density at radius 1 is 1.50 bits per heavy atom. The smallest absolute Gasteiger partial charge is 0.339 e. The minimum atomic E-state index is -1.51. The van der Waals surface area contributed by atoms with Gasteiger partial charge in [-0.15, -0.1) is 0 Å². The number of hydrogen-bond donors (Lipinski definition) is 3. The molecule has 0 bridgehead atoms. The number of ether oxygens (including phenoxy) is 1. The van der Waals surface area contributed by atoms with Crippen molar-refractivity contribution in [2.75, 3.05) is 7.11 Å². The van der Waals surface area contributed by atoms with Crippen molar-refractivity contribution in [2.24, 2.45) is 0 Å². The van der Waals surface area contributed by atoms with Crippen LogP contribution >= 0.6 is 15.9 Å². The van der Waals surface area contributed by atoms with Crippen LogP contribution in [0.1, 0.15) is 17.2 Å². The highest BCUT2D eigenvalue weighted by molar-refractivity contribution is 9.10. The fraction of sp³-hybridized carbons (Fsp3) is 0.300. The van der Waals surface area contributed by atoms with Crippen LogP contribution in [0.2, 0.25) is 0 Å². The molecule has 0 saturated carbocycles. The van der Waals surface area contributed by atoms with E-state index in [9.17, 15) is 20.1 Å². The number of esters is 1. The van der Waals surface area contributed by atoms with Gasteiger partial charge >= 0.3 is 5.97 Å². The second-order valence-corrected chi connectivity index (χ2v) is 4.01. The molecule has 16 heavy (non-hydrogen) atoms. The Kier molecular flexibility index (Phi) is 3.77. The molecular formula is C10H11BrO5. The van der Waals surface area contributed by atoms with E-state index in [0.717, 1.165) is 7.11 Å². The Morgan fingerprint density at radius 2 is 2.06 bits per heavy atom. The predicted octanol–water partition coefficient (Wildman–Crippen LogP) is 1.38. The molecule has 0 aliphatic rings. The average molecular weight is 291 g/mol. The number of aryl methyl sites for hydroxylation is 1. The van der Waals surface area contributed by atoms with Crippen molar-refractivity contribution in [1.29, 1.82) is 0 Å². The second kappa shape index (κ2) is 4.71. The molecule has 6 heteroatoms. The highest BCUT2D eigenvalue weighted by atomic mass is 79.9. The number of phenolic OH excluding ortho intramolecular Hbond substituents is 2. The van der Waals surface area contributed by atoms with Crippen molar-refractivity contribution in [3.05, 3.63) is 21.7 Å². The lowest BCUT2D eigenvalue weighted by molar-refractivity contribution is -0.150. The maximum atomic E-state index is 11.2. The summed E-state index contributed by atoms with van der Waals surface area (Å²) in [7, 11) is 1.15. The molecule has 0 amide bonds. The molecule has 1 rings (SSSR count). The van der Waals surface area contributed by atoms with Crippen LogP contribution in [0, 0.1) is 6.92 Å². The number of carbonyl (C=O) groups is 1. The first kappa shape index (κ1) is 12.8. The number of carbonyl (C=O) groups excluding carboxylic acids is 1. The van der Waals surface area contributed by atoms with E-state index in [1.165, 1.54) is 6.07 Å². The largest absolute Gasteiger partial charge is 0.504 e. The third kappa shape index (κ3) is 2.12. The molecule has 0 spiro atoms. The van der Waals surface area contributed by atoms with Crippen LogP contribution in [0.15, 0.2) is 10.5 Å². The summed E-state index contributed by atoms with van der Waals surface area (Å²) >= 11 is 3.00. The lowest BCUT2D eigenvalue weighted by Gasteiger charge is -2.15. The number of aliphatic hydroxyl groups is 1. The first-order chi connectivity index (χ1) is 7.40. The molecule has 1 atom stereocenters. The quantitative estimate of drug-likeness (QED) is 0.566. The first-order valence-corrected chi connectivity index (χ1v) is 5.16. The van der Waals surface area contributed by atoms with Gasteiger partial charge in [-0.3, -0.25) is 0 Å². The van der Waals surface area contributed by atoms with Gasteiger partial charge in [-0.1, -0.05) is 0 Å². The molecule has 0 heterocycles. The molecule has 0 saturated heterocycles. The number of aliphatic hydroxyl groups excluding tert-OH is 1. The van der Waals surface area contributed by atoms with Crippen LogP contribution in [0.3, 0.4) is 0 Å². The maximum Gasteiger partial charge on any atom is 0.339 e. The van der Waals surface area contributed by atoms with Crippen LogP contribution in [0.4, 0.5) is 0 Å². The summed E-state index contributed by atoms with van der Waals surface area (Å²) in [5, 5.41) is 28.4. The van der Waals surface area contributed by atoms with Crippen molar-refractivity contribution in [2.45, 2.75) is 13.0 Å². The first-order valence-electron chi connectivity index (χ1n) is 4.37. The third-order valence-corrected chi connectivity index (χ3v) is 2.97. The average Bonchev–Trinajstić information content (AvgIpc) is 2.24. The fourth-order valence-corrected chi connectivity index (χ4v) is 2.06. The van der Waals surface area contributed by atoms with E-state index in [2.05, 4.69) is 20.7 Å². The van der Waals surface area contributed by atoms with Crippen LogP contribution in [0.5, 0.6) is 11.5 Å². The Hall–Kier alpha value is -1.27. The van der Waals surface area contributed by atoms with Crippen LogP contribution < -0.4 is 0 Å². The highest BCUT2D eigenvalue weighted by Crippen LogP contribution is 2.40. The summed E-state index contributed by atoms with van der Waals surface area (Å²) in [6, 6.07) is 1.25. The SMILES string of the molecule is COC(=O)C(O)c1c(C)cc(O)c(O)c1Br. The molecule has 1 aromatic carbocycles. The van der Waals surface area contributed by atoms with Crippen LogP contribution in [0.25, 0.3) is 0 Å². The number of halogens is 1. The third-order valence-electron chi connectivity index (χ3n) is 2.16. The van der Waals surface area contributed by atoms with E-state index >= 15 is 0 Å². The van der Waals surface area contributed by atoms with Crippen LogP contribution in [-0.4, -0.2) is 28.4 Å². The lowest BCUT2D eigenvalue weighted by Crippen LogP contribution is -2.15. The molecule has 3 N–H and O–H groups in total. The second-order valence-electron chi connectivity index (χ2n) is 3.21. The summed E-state index contributed by atoms with van der Waals surface area (Å²) in [6.45, 7) is 1.59. The normalized spacial score (nSPS) is 12.2. The van der Waals surface area contributed by atoms with Crippen molar-refractivity contribution < 1.29 is 24.9 Å². The minimum Gasteiger partial charge on any atom is -0.504 e. The molecule has 0 aromatic heterocycles. The Morgan fingerprint density at radius 3 is 2.56 bits per heavy atom. The number of aromatic hydroxyl groups is 2. The van der Waals surface area contributed by atoms with Crippen molar-refractivity contribution in [3.8, 4) is 11.5 Å². The zero-order valence-corrected chi connectivity index (χ0v) is 10.3. The molecule has 88 valence electrons. The number of benzene rings is 1. The van der Waals surface area contributed by atoms with E-state index in [4.69, 9.17) is 0 Å². The molecule has 0 aliphatic heterocycles. The Balaban J connectivity index is 3.34. The number of methoxy groups -OCH3 is 1. The summed E-state index contributed by atoms with van der Waals surface area (Å²) in [4.78, 5) is 11.2. The van der Waals surface area contributed by atoms with Crippen LogP contribution in [-0.2, 0) is 9.53 Å². The monoisotopic (exact) mass is 290 g/mol. The summed E-state index contributed by atoms with van der Waals surface area (Å²) in [5.74, 6) is -1.59. The molecule has 5 nitrogen and oxygen atoms in total. The zero-order valence-electron chi connectivity index (χ0n) is 8.69. The van der Waals surface area contributed by atoms with Gasteiger partial charge in [0.05, 0.1) is 11.6 Å². The maximum absolute atomic E-state index is 11.2. The van der Waals surface area contributed by atoms with E-state index in [1.54, 1.807) is 6.92 Å². The molecule has 1 unspecified atom stereocenters. The molecule has 0 radical (unpaired) electrons. The number of rotatable bonds is 2. The topological polar surface area (TPSA) is 87.0 Å². The summed E-state index contributed by atoms with van der Waals surface area (Å²) in [5.41, 5.74) is 0.627. The Labute approximate surface area is 100 Å². The standard InChI is InChI=1S/C10H11BrO5/c1-4-3-5(12)8(13)7(11)6(4)9(14)10(15)16-2/h3,9,12-14H,1-2H3. The van der Waals surface area contributed by atoms with Gasteiger partial charge in [0.15, 0.2) is 17.6 Å². The van der Waals surface area contributed by atoms with Gasteiger partial charge < -0.3 is 20.1 Å². The minimum absolute atomic E-state index is 0.0721. The number of hydrogen-bond acceptors (Lipinski definition) is 5. The van der Waals surface area contributed by atoms with Gasteiger partial charge in [-0.2, -0.15) is 0 Å². The Bertz CT molecular complexity index is 430. The van der Waals surface area contributed by atoms with E-state index < -0.39 is 17.8 Å². The van der Waals surface area contributed by atoms with Gasteiger partial charge in [-0.25, -0.2) is 4.79 Å². The molecular weight excluding hydrogens is 280 g/mol. The highest BCUT2D eigenvalue weighted by Gasteiger charge is 2.25. The molecule has 0 aliphatic carbocycles. The van der Waals surface area contributed by atoms with Gasteiger partial charge in [0.2, 0.25) is 0 Å². The van der Waals surface area contributed by atoms with Crippen molar-refractivity contribution in [3.63, 3.8) is 0 Å². The van der Waals surface area contributed by atoms with E-state index in [-0.39, 0.29) is 15.8 Å². The number of phenols is 2. The fourth-order valence-electron chi connectivity index (χ4n) is 1.33. The van der Waals surface area contributed by atoms with Gasteiger partial charge in [0.1, 0.15) is 0 Å².